The van der Waals surface area contributed by atoms with E-state index < -0.39 is 11.2 Å². The van der Waals surface area contributed by atoms with Crippen molar-refractivity contribution in [2.45, 2.75) is 57.1 Å². The topological polar surface area (TPSA) is 56.7 Å². The van der Waals surface area contributed by atoms with Crippen LogP contribution in [0.5, 0.6) is 0 Å². The average Bonchev–Trinajstić information content (AvgIpc) is 2.92. The van der Waals surface area contributed by atoms with E-state index in [1.807, 2.05) is 9.80 Å². The van der Waals surface area contributed by atoms with Gasteiger partial charge < -0.3 is 14.9 Å². The molecule has 1 aromatic heterocycles. The van der Waals surface area contributed by atoms with Crippen LogP contribution in [0.25, 0.3) is 0 Å². The van der Waals surface area contributed by atoms with Crippen LogP contribution in [-0.4, -0.2) is 52.7 Å². The summed E-state index contributed by atoms with van der Waals surface area (Å²) in [4.78, 5) is 21.4. The van der Waals surface area contributed by atoms with E-state index in [-0.39, 0.29) is 23.1 Å². The number of hydrogen-bond donors (Lipinski definition) is 1. The molecule has 2 aliphatic heterocycles. The fraction of sp³-hybridized carbons (Fsp3) is 0.684. The van der Waals surface area contributed by atoms with Gasteiger partial charge in [0.1, 0.15) is 0 Å². The predicted octanol–water partition coefficient (Wildman–Crippen LogP) is 3.00. The van der Waals surface area contributed by atoms with Crippen molar-refractivity contribution < 1.29 is 14.3 Å². The van der Waals surface area contributed by atoms with E-state index >= 15 is 0 Å². The van der Waals surface area contributed by atoms with Crippen LogP contribution in [0.4, 0.5) is 10.2 Å². The molecule has 1 N–H and O–H groups in total. The molecule has 5 nitrogen and oxygen atoms in total. The van der Waals surface area contributed by atoms with Crippen LogP contribution in [0.1, 0.15) is 44.9 Å². The first-order valence-corrected chi connectivity index (χ1v) is 9.91. The van der Waals surface area contributed by atoms with Gasteiger partial charge in [-0.2, -0.15) is 0 Å². The molecule has 3 heterocycles. The molecule has 0 aromatic carbocycles. The van der Waals surface area contributed by atoms with Gasteiger partial charge in [0.25, 0.3) is 0 Å². The maximum absolute atomic E-state index is 14.3. The van der Waals surface area contributed by atoms with E-state index in [0.717, 1.165) is 51.5 Å². The van der Waals surface area contributed by atoms with Gasteiger partial charge in [0.05, 0.1) is 16.5 Å². The monoisotopic (exact) mass is 381 g/mol. The Hall–Kier alpha value is -1.40. The van der Waals surface area contributed by atoms with E-state index in [9.17, 15) is 14.3 Å². The largest absolute Gasteiger partial charge is 0.393 e. The lowest BCUT2D eigenvalue weighted by Crippen LogP contribution is -2.50. The lowest BCUT2D eigenvalue weighted by molar-refractivity contribution is -0.139. The maximum Gasteiger partial charge on any atom is 0.230 e. The molecule has 0 unspecified atom stereocenters. The highest BCUT2D eigenvalue weighted by Crippen LogP contribution is 2.43. The number of halogens is 2. The van der Waals surface area contributed by atoms with Gasteiger partial charge in [0, 0.05) is 31.9 Å². The number of hydrogen-bond acceptors (Lipinski definition) is 4. The number of rotatable bonds is 2. The Kier molecular flexibility index (Phi) is 4.82. The summed E-state index contributed by atoms with van der Waals surface area (Å²) in [7, 11) is 0. The van der Waals surface area contributed by atoms with Gasteiger partial charge in [0.2, 0.25) is 5.91 Å². The zero-order valence-corrected chi connectivity index (χ0v) is 15.6. The Bertz CT molecular complexity index is 695. The van der Waals surface area contributed by atoms with Crippen LogP contribution in [0, 0.1) is 11.2 Å². The van der Waals surface area contributed by atoms with E-state index in [1.54, 1.807) is 0 Å². The van der Waals surface area contributed by atoms with Crippen molar-refractivity contribution in [3.8, 4) is 0 Å². The van der Waals surface area contributed by atoms with Crippen molar-refractivity contribution in [2.24, 2.45) is 5.41 Å². The summed E-state index contributed by atoms with van der Waals surface area (Å²) in [6, 6.07) is 1.52. The van der Waals surface area contributed by atoms with Crippen LogP contribution in [0.2, 0.25) is 5.02 Å². The van der Waals surface area contributed by atoms with E-state index in [4.69, 9.17) is 11.6 Å². The molecular weight excluding hydrogens is 357 g/mol. The van der Waals surface area contributed by atoms with Crippen LogP contribution >= 0.6 is 11.6 Å². The summed E-state index contributed by atoms with van der Waals surface area (Å²) in [5.41, 5.74) is -0.429. The zero-order valence-electron chi connectivity index (χ0n) is 14.8. The fourth-order valence-electron chi connectivity index (χ4n) is 4.90. The Morgan fingerprint density at radius 2 is 2.00 bits per heavy atom. The first-order valence-electron chi connectivity index (χ1n) is 9.54. The molecule has 1 aliphatic carbocycles. The van der Waals surface area contributed by atoms with Crippen molar-refractivity contribution in [2.75, 3.05) is 24.5 Å². The summed E-state index contributed by atoms with van der Waals surface area (Å²) >= 11 is 5.82. The average molecular weight is 382 g/mol. The minimum absolute atomic E-state index is 0.206. The Labute approximate surface area is 158 Å². The quantitative estimate of drug-likeness (QED) is 0.855. The second kappa shape index (κ2) is 6.97. The molecule has 1 aromatic rings. The summed E-state index contributed by atoms with van der Waals surface area (Å²) in [6.07, 6.45) is 7.05. The predicted molar refractivity (Wildman–Crippen MR) is 97.7 cm³/mol. The van der Waals surface area contributed by atoms with Crippen molar-refractivity contribution in [3.05, 3.63) is 23.1 Å². The van der Waals surface area contributed by atoms with Gasteiger partial charge in [-0.15, -0.1) is 0 Å². The van der Waals surface area contributed by atoms with Gasteiger partial charge in [-0.25, -0.2) is 9.37 Å². The van der Waals surface area contributed by atoms with Gasteiger partial charge >= 0.3 is 0 Å². The van der Waals surface area contributed by atoms with Crippen molar-refractivity contribution >= 4 is 23.3 Å². The van der Waals surface area contributed by atoms with Crippen molar-refractivity contribution in [3.63, 3.8) is 0 Å². The summed E-state index contributed by atoms with van der Waals surface area (Å²) in [5.74, 6) is 0.0663. The van der Waals surface area contributed by atoms with Crippen molar-refractivity contribution in [1.29, 1.82) is 0 Å². The molecule has 1 atom stereocenters. The molecule has 3 aliphatic rings. The molecule has 1 spiro atoms. The van der Waals surface area contributed by atoms with Crippen LogP contribution < -0.4 is 4.90 Å². The Balaban J connectivity index is 1.50. The number of carbonyl (C=O) groups is 1. The maximum atomic E-state index is 14.3. The Morgan fingerprint density at radius 3 is 2.73 bits per heavy atom. The number of anilines is 1. The molecule has 2 saturated heterocycles. The molecular formula is C19H25ClFN3O2. The summed E-state index contributed by atoms with van der Waals surface area (Å²) in [5, 5.41) is 10.0. The van der Waals surface area contributed by atoms with Gasteiger partial charge in [-0.1, -0.05) is 11.6 Å². The first kappa shape index (κ1) is 18.0. The third kappa shape index (κ3) is 3.18. The smallest absolute Gasteiger partial charge is 0.230 e. The molecule has 0 bridgehead atoms. The number of nitrogens with zero attached hydrogens (tertiary/aromatic N) is 3. The lowest BCUT2D eigenvalue weighted by Gasteiger charge is -2.41. The third-order valence-corrected chi connectivity index (χ3v) is 6.52. The number of amides is 1. The number of piperidine rings is 1. The standard InChI is InChI=1S/C19H25ClFN3O2/c20-13-10-16(21)17(22-11-13)23-8-1-6-19(12-23)7-9-24(18(19)26)14-2-4-15(25)5-3-14/h10-11,14-15,25H,1-9,12H2/t14-,15+,19-/m0/s1. The van der Waals surface area contributed by atoms with Crippen LogP contribution in [0.15, 0.2) is 12.3 Å². The lowest BCUT2D eigenvalue weighted by atomic mass is 9.78. The second-order valence-electron chi connectivity index (χ2n) is 7.98. The normalized spacial score (nSPS) is 32.5. The van der Waals surface area contributed by atoms with Crippen LogP contribution in [0.3, 0.4) is 0 Å². The second-order valence-corrected chi connectivity index (χ2v) is 8.41. The zero-order chi connectivity index (χ0) is 18.3. The first-order chi connectivity index (χ1) is 12.5. The Morgan fingerprint density at radius 1 is 1.23 bits per heavy atom. The number of aromatic nitrogens is 1. The highest BCUT2D eigenvalue weighted by atomic mass is 35.5. The molecule has 1 saturated carbocycles. The number of likely N-dealkylation sites (tertiary alicyclic amines) is 1. The highest BCUT2D eigenvalue weighted by molar-refractivity contribution is 6.30. The summed E-state index contributed by atoms with van der Waals surface area (Å²) in [6.45, 7) is 1.99. The number of aliphatic hydroxyl groups excluding tert-OH is 1. The molecule has 142 valence electrons. The number of pyridine rings is 1. The van der Waals surface area contributed by atoms with Crippen LogP contribution in [-0.2, 0) is 4.79 Å². The third-order valence-electron chi connectivity index (χ3n) is 6.32. The van der Waals surface area contributed by atoms with Crippen molar-refractivity contribution in [1.82, 2.24) is 9.88 Å². The fourth-order valence-corrected chi connectivity index (χ4v) is 5.04. The van der Waals surface area contributed by atoms with Gasteiger partial charge in [-0.05, 0) is 51.0 Å². The number of aliphatic hydroxyl groups is 1. The van der Waals surface area contributed by atoms with Gasteiger partial charge in [0.15, 0.2) is 11.6 Å². The molecule has 26 heavy (non-hydrogen) atoms. The molecule has 7 heteroatoms. The van der Waals surface area contributed by atoms with E-state index in [0.29, 0.717) is 18.9 Å². The molecule has 3 fully saturated rings. The van der Waals surface area contributed by atoms with Gasteiger partial charge in [-0.3, -0.25) is 4.79 Å². The van der Waals surface area contributed by atoms with E-state index in [2.05, 4.69) is 4.98 Å². The molecule has 4 rings (SSSR count). The minimum Gasteiger partial charge on any atom is -0.393 e. The SMILES string of the molecule is O=C1N([C@H]2CC[C@@H](O)CC2)CC[C@]12CCCN(c1ncc(Cl)cc1F)C2. The molecule has 0 radical (unpaired) electrons. The van der Waals surface area contributed by atoms with E-state index in [1.165, 1.54) is 12.3 Å². The minimum atomic E-state index is -0.432. The number of carbonyl (C=O) groups excluding carboxylic acids is 1. The highest BCUT2D eigenvalue weighted by Gasteiger charge is 2.51. The summed E-state index contributed by atoms with van der Waals surface area (Å²) < 4.78 is 14.3. The molecule has 1 amide bonds.